The number of rotatable bonds is 7. The third kappa shape index (κ3) is 4.19. The number of phenols is 1. The summed E-state index contributed by atoms with van der Waals surface area (Å²) in [6.45, 7) is 0.274. The fourth-order valence-corrected chi connectivity index (χ4v) is 1.81. The summed E-state index contributed by atoms with van der Waals surface area (Å²) in [6, 6.07) is 2.25. The number of ether oxygens (including phenoxy) is 1. The van der Waals surface area contributed by atoms with E-state index in [9.17, 15) is 20.0 Å². The highest BCUT2D eigenvalue weighted by Gasteiger charge is 2.16. The zero-order chi connectivity index (χ0) is 18.4. The quantitative estimate of drug-likeness (QED) is 0.270. The van der Waals surface area contributed by atoms with Gasteiger partial charge >= 0.3 is 0 Å². The predicted octanol–water partition coefficient (Wildman–Crippen LogP) is 0.123. The summed E-state index contributed by atoms with van der Waals surface area (Å²) in [5, 5.41) is 29.9. The number of nitrogens with two attached hydrogens (primary N) is 1. The minimum atomic E-state index is -0.615. The normalized spacial score (nSPS) is 10.8. The van der Waals surface area contributed by atoms with E-state index in [0.717, 1.165) is 12.1 Å². The number of hydrogen-bond acceptors (Lipinski definition) is 10. The number of phenolic OH excluding ortho intramolecular Hbond substituents is 1. The van der Waals surface area contributed by atoms with Crippen LogP contribution in [0.4, 0.5) is 11.5 Å². The van der Waals surface area contributed by atoms with E-state index in [1.807, 2.05) is 0 Å². The first-order valence-electron chi connectivity index (χ1n) is 6.85. The van der Waals surface area contributed by atoms with Crippen LogP contribution in [0.15, 0.2) is 21.8 Å². The lowest BCUT2D eigenvalue weighted by molar-refractivity contribution is -0.385. The van der Waals surface area contributed by atoms with E-state index in [4.69, 9.17) is 10.5 Å². The molecule has 0 unspecified atom stereocenters. The minimum absolute atomic E-state index is 0.0436. The number of aromatic hydroxyl groups is 1. The van der Waals surface area contributed by atoms with Gasteiger partial charge in [0, 0.05) is 24.4 Å². The predicted molar refractivity (Wildman–Crippen MR) is 84.8 cm³/mol. The van der Waals surface area contributed by atoms with Crippen LogP contribution in [0, 0.1) is 10.1 Å². The van der Waals surface area contributed by atoms with Gasteiger partial charge in [-0.1, -0.05) is 0 Å². The highest BCUT2D eigenvalue weighted by Crippen LogP contribution is 2.33. The Morgan fingerprint density at radius 1 is 1.56 bits per heavy atom. The van der Waals surface area contributed by atoms with E-state index in [-0.39, 0.29) is 47.4 Å². The van der Waals surface area contributed by atoms with E-state index in [2.05, 4.69) is 25.3 Å². The molecule has 1 aromatic heterocycles. The van der Waals surface area contributed by atoms with Crippen molar-refractivity contribution in [1.29, 1.82) is 0 Å². The summed E-state index contributed by atoms with van der Waals surface area (Å²) in [5.74, 6) is -1.02. The molecule has 1 heterocycles. The van der Waals surface area contributed by atoms with Crippen molar-refractivity contribution in [3.05, 3.63) is 33.5 Å². The van der Waals surface area contributed by atoms with Gasteiger partial charge in [-0.05, 0) is 10.3 Å². The van der Waals surface area contributed by atoms with E-state index < -0.39 is 10.8 Å². The Morgan fingerprint density at radius 3 is 2.92 bits per heavy atom. The summed E-state index contributed by atoms with van der Waals surface area (Å²) in [7, 11) is 1.28. The number of non-ortho nitro benzene ring substituents is 1. The Labute approximate surface area is 140 Å². The molecule has 0 atom stereocenters. The zero-order valence-corrected chi connectivity index (χ0v) is 13.0. The number of amides is 1. The minimum Gasteiger partial charge on any atom is -0.504 e. The van der Waals surface area contributed by atoms with Crippen molar-refractivity contribution in [2.75, 3.05) is 25.9 Å². The molecular weight excluding hydrogens is 336 g/mol. The summed E-state index contributed by atoms with van der Waals surface area (Å²) in [4.78, 5) is 25.9. The second-order valence-corrected chi connectivity index (χ2v) is 4.63. The Kier molecular flexibility index (Phi) is 5.45. The maximum absolute atomic E-state index is 11.7. The molecule has 0 saturated heterocycles. The van der Waals surface area contributed by atoms with E-state index in [1.165, 1.54) is 13.3 Å². The number of methoxy groups -OCH3 is 1. The molecular formula is C13H14N6O6. The van der Waals surface area contributed by atoms with E-state index >= 15 is 0 Å². The number of nitrogens with zero attached hydrogens (tertiary/aromatic N) is 4. The lowest BCUT2D eigenvalue weighted by Gasteiger charge is -2.06. The summed E-state index contributed by atoms with van der Waals surface area (Å²) >= 11 is 0. The van der Waals surface area contributed by atoms with Crippen molar-refractivity contribution in [1.82, 2.24) is 15.6 Å². The average Bonchev–Trinajstić information content (AvgIpc) is 3.01. The largest absolute Gasteiger partial charge is 0.504 e. The molecule has 12 heteroatoms. The first-order valence-corrected chi connectivity index (χ1v) is 6.85. The van der Waals surface area contributed by atoms with Crippen LogP contribution in [-0.4, -0.2) is 52.7 Å². The van der Waals surface area contributed by atoms with Gasteiger partial charge in [0.15, 0.2) is 11.5 Å². The number of hydrogen-bond donors (Lipinski definition) is 3. The summed E-state index contributed by atoms with van der Waals surface area (Å²) < 4.78 is 9.19. The molecule has 12 nitrogen and oxygen atoms in total. The van der Waals surface area contributed by atoms with Crippen LogP contribution in [0.2, 0.25) is 0 Å². The fraction of sp³-hybridized carbons (Fsp3) is 0.231. The maximum Gasteiger partial charge on any atom is 0.277 e. The van der Waals surface area contributed by atoms with Gasteiger partial charge in [0.1, 0.15) is 0 Å². The number of nitro groups is 1. The number of carbonyl (C=O) groups is 1. The van der Waals surface area contributed by atoms with Crippen molar-refractivity contribution in [2.45, 2.75) is 0 Å². The lowest BCUT2D eigenvalue weighted by Crippen LogP contribution is -2.27. The highest BCUT2D eigenvalue weighted by atomic mass is 16.6. The molecule has 0 aliphatic heterocycles. The van der Waals surface area contributed by atoms with Crippen molar-refractivity contribution >= 4 is 23.6 Å². The van der Waals surface area contributed by atoms with Gasteiger partial charge in [0.05, 0.1) is 24.6 Å². The van der Waals surface area contributed by atoms with Crippen LogP contribution < -0.4 is 15.8 Å². The number of aromatic nitrogens is 2. The van der Waals surface area contributed by atoms with Gasteiger partial charge < -0.3 is 20.9 Å². The van der Waals surface area contributed by atoms with E-state index in [0.29, 0.717) is 0 Å². The number of nitrogen functional groups attached to an aromatic ring is 1. The monoisotopic (exact) mass is 350 g/mol. The van der Waals surface area contributed by atoms with Gasteiger partial charge in [-0.15, -0.1) is 0 Å². The molecule has 1 aromatic carbocycles. The molecule has 0 saturated carbocycles. The number of aliphatic imine (C=N–C) groups is 1. The van der Waals surface area contributed by atoms with Gasteiger partial charge in [-0.2, -0.15) is 0 Å². The van der Waals surface area contributed by atoms with E-state index in [1.54, 1.807) is 0 Å². The SMILES string of the molecule is COc1cc([N+](=O)[O-])cc(C=NCCNC(=O)c2nonc2N)c1O. The number of benzene rings is 1. The summed E-state index contributed by atoms with van der Waals surface area (Å²) in [6.07, 6.45) is 1.24. The Morgan fingerprint density at radius 2 is 2.32 bits per heavy atom. The van der Waals surface area contributed by atoms with Crippen molar-refractivity contribution in [2.24, 2.45) is 4.99 Å². The molecule has 4 N–H and O–H groups in total. The lowest BCUT2D eigenvalue weighted by atomic mass is 10.1. The Hall–Kier alpha value is -3.70. The van der Waals surface area contributed by atoms with Gasteiger partial charge in [-0.25, -0.2) is 4.63 Å². The fourth-order valence-electron chi connectivity index (χ4n) is 1.81. The molecule has 0 radical (unpaired) electrons. The molecule has 0 spiro atoms. The molecule has 2 aromatic rings. The molecule has 1 amide bonds. The molecule has 2 rings (SSSR count). The van der Waals surface area contributed by atoms with Gasteiger partial charge in [-0.3, -0.25) is 19.9 Å². The standard InChI is InChI=1S/C13H14N6O6/c1-24-9-5-8(19(22)23)4-7(11(9)20)6-15-2-3-16-13(21)10-12(14)18-25-17-10/h4-6,20H,2-3H2,1H3,(H2,14,18)(H,16,21). The molecule has 0 aliphatic carbocycles. The average molecular weight is 350 g/mol. The second-order valence-electron chi connectivity index (χ2n) is 4.63. The van der Waals surface area contributed by atoms with Gasteiger partial charge in [0.2, 0.25) is 11.5 Å². The smallest absolute Gasteiger partial charge is 0.277 e. The number of nitrogens with one attached hydrogen (secondary N) is 1. The first-order chi connectivity index (χ1) is 11.9. The Balaban J connectivity index is 1.98. The van der Waals surface area contributed by atoms with Crippen molar-refractivity contribution in [3.8, 4) is 11.5 Å². The maximum atomic E-state index is 11.7. The molecule has 0 aliphatic rings. The van der Waals surface area contributed by atoms with Crippen molar-refractivity contribution < 1.29 is 24.2 Å². The number of nitro benzene ring substituents is 1. The second kappa shape index (κ2) is 7.72. The topological polar surface area (TPSA) is 179 Å². The van der Waals surface area contributed by atoms with Crippen LogP contribution in [0.25, 0.3) is 0 Å². The van der Waals surface area contributed by atoms with Crippen LogP contribution in [0.5, 0.6) is 11.5 Å². The van der Waals surface area contributed by atoms with Crippen molar-refractivity contribution in [3.63, 3.8) is 0 Å². The van der Waals surface area contributed by atoms with Gasteiger partial charge in [0.25, 0.3) is 11.6 Å². The zero-order valence-electron chi connectivity index (χ0n) is 13.0. The van der Waals surface area contributed by atoms with Crippen LogP contribution in [0.1, 0.15) is 16.1 Å². The van der Waals surface area contributed by atoms with Crippen LogP contribution in [-0.2, 0) is 0 Å². The highest BCUT2D eigenvalue weighted by molar-refractivity contribution is 5.96. The first kappa shape index (κ1) is 17.7. The summed E-state index contributed by atoms with van der Waals surface area (Å²) in [5.41, 5.74) is 5.11. The molecule has 0 bridgehead atoms. The number of carbonyl (C=O) groups excluding carboxylic acids is 1. The number of anilines is 1. The molecule has 25 heavy (non-hydrogen) atoms. The Bertz CT molecular complexity index is 817. The third-order valence-electron chi connectivity index (χ3n) is 3.01. The van der Waals surface area contributed by atoms with Crippen LogP contribution >= 0.6 is 0 Å². The van der Waals surface area contributed by atoms with Crippen LogP contribution in [0.3, 0.4) is 0 Å². The molecule has 132 valence electrons. The third-order valence-corrected chi connectivity index (χ3v) is 3.01. The molecule has 0 fully saturated rings.